The number of phosphoric ester groups is 1. The Morgan fingerprint density at radius 2 is 0.941 bits per heavy atom. The molecule has 0 heterocycles. The smallest absolute Gasteiger partial charge is 0.306 e. The van der Waals surface area contributed by atoms with Gasteiger partial charge in [0.05, 0.1) is 33.8 Å². The number of phosphoric acid groups is 1. The molecule has 10 heteroatoms. The molecule has 3 unspecified atom stereocenters. The van der Waals surface area contributed by atoms with Crippen LogP contribution in [-0.2, 0) is 27.9 Å². The van der Waals surface area contributed by atoms with Crippen LogP contribution >= 0.6 is 7.82 Å². The lowest BCUT2D eigenvalue weighted by molar-refractivity contribution is -0.870. The Balaban J connectivity index is 5.36. The molecule has 0 aromatic carbocycles. The highest BCUT2D eigenvalue weighted by molar-refractivity contribution is 7.45. The molecule has 0 bridgehead atoms. The Labute approximate surface area is 420 Å². The molecule has 0 saturated heterocycles. The van der Waals surface area contributed by atoms with Gasteiger partial charge in [0.25, 0.3) is 7.82 Å². The van der Waals surface area contributed by atoms with Gasteiger partial charge in [0.15, 0.2) is 0 Å². The zero-order chi connectivity index (χ0) is 50.1. The first-order valence-electron chi connectivity index (χ1n) is 28.1. The zero-order valence-corrected chi connectivity index (χ0v) is 45.9. The van der Waals surface area contributed by atoms with Gasteiger partial charge in [0.2, 0.25) is 5.91 Å². The summed E-state index contributed by atoms with van der Waals surface area (Å²) < 4.78 is 30.2. The van der Waals surface area contributed by atoms with Crippen LogP contribution in [0.2, 0.25) is 0 Å². The molecule has 68 heavy (non-hydrogen) atoms. The number of ether oxygens (including phenoxy) is 1. The Morgan fingerprint density at radius 1 is 0.529 bits per heavy atom. The summed E-state index contributed by atoms with van der Waals surface area (Å²) in [5, 5.41) is 3.01. The first kappa shape index (κ1) is 65.7. The van der Waals surface area contributed by atoms with Gasteiger partial charge < -0.3 is 28.5 Å². The van der Waals surface area contributed by atoms with E-state index in [1.165, 1.54) is 96.3 Å². The highest BCUT2D eigenvalue weighted by Gasteiger charge is 2.27. The molecule has 0 spiro atoms. The summed E-state index contributed by atoms with van der Waals surface area (Å²) in [6, 6.07) is -0.896. The van der Waals surface area contributed by atoms with Crippen LogP contribution in [-0.4, -0.2) is 69.4 Å². The van der Waals surface area contributed by atoms with E-state index in [1.807, 2.05) is 33.3 Å². The molecule has 0 aliphatic carbocycles. The summed E-state index contributed by atoms with van der Waals surface area (Å²) >= 11 is 0. The third-order valence-electron chi connectivity index (χ3n) is 12.2. The van der Waals surface area contributed by atoms with Crippen molar-refractivity contribution < 1.29 is 37.3 Å². The third-order valence-corrected chi connectivity index (χ3v) is 13.1. The Morgan fingerprint density at radius 3 is 1.44 bits per heavy atom. The summed E-state index contributed by atoms with van der Waals surface area (Å²) in [6.07, 6.45) is 58.9. The average Bonchev–Trinajstić information content (AvgIpc) is 3.29. The van der Waals surface area contributed by atoms with Crippen molar-refractivity contribution in [2.24, 2.45) is 0 Å². The van der Waals surface area contributed by atoms with Gasteiger partial charge in [-0.15, -0.1) is 0 Å². The van der Waals surface area contributed by atoms with Crippen molar-refractivity contribution in [3.63, 3.8) is 0 Å². The second-order valence-electron chi connectivity index (χ2n) is 20.1. The van der Waals surface area contributed by atoms with Crippen molar-refractivity contribution >= 4 is 19.7 Å². The standard InChI is InChI=1S/C58H107N2O7P/c1-7-10-13-16-19-22-25-27-29-31-32-35-38-41-44-47-50-57(61)59-55(54-66-68(63,64)65-53-52-60(4,5)6)56(49-46-43-40-37-34-24-21-18-15-12-9-3)67-58(62)51-48-45-42-39-36-33-30-28-26-23-20-17-14-11-8-2/h10,13,19,22-23,26-27,29,46,49,55-56H,7-9,11-12,14-18,20-21,24-25,28,30-45,47-48,50-54H2,1-6H3,(H-,59,61,63,64)/b13-10+,22-19+,26-23-,29-27+,49-46+. The molecule has 0 aromatic rings. The van der Waals surface area contributed by atoms with Crippen LogP contribution in [0.5, 0.6) is 0 Å². The minimum atomic E-state index is -4.70. The molecule has 0 aliphatic heterocycles. The molecule has 0 radical (unpaired) electrons. The maximum atomic E-state index is 13.5. The SMILES string of the molecule is CC/C=C/C/C=C/C/C=C/CCCCCCCCC(=O)NC(COP(=O)([O-])OCC[N+](C)(C)C)C(/C=C/CCCCCCCCCCC)OC(=O)CCCCCCCCC/C=C\CCCCCC. The highest BCUT2D eigenvalue weighted by Crippen LogP contribution is 2.38. The zero-order valence-electron chi connectivity index (χ0n) is 45.1. The number of esters is 1. The molecule has 0 saturated carbocycles. The topological polar surface area (TPSA) is 114 Å². The van der Waals surface area contributed by atoms with Gasteiger partial charge in [-0.25, -0.2) is 0 Å². The van der Waals surface area contributed by atoms with Gasteiger partial charge in [-0.05, 0) is 89.5 Å². The summed E-state index contributed by atoms with van der Waals surface area (Å²) in [7, 11) is 1.17. The number of rotatable bonds is 50. The van der Waals surface area contributed by atoms with Crippen molar-refractivity contribution in [3.8, 4) is 0 Å². The van der Waals surface area contributed by atoms with E-state index in [2.05, 4.69) is 74.7 Å². The number of hydrogen-bond donors (Lipinski definition) is 1. The van der Waals surface area contributed by atoms with Crippen LogP contribution in [0.3, 0.4) is 0 Å². The Bertz CT molecular complexity index is 1350. The molecule has 9 nitrogen and oxygen atoms in total. The summed E-state index contributed by atoms with van der Waals surface area (Å²) in [4.78, 5) is 39.8. The lowest BCUT2D eigenvalue weighted by Gasteiger charge is -2.30. The van der Waals surface area contributed by atoms with E-state index < -0.39 is 26.6 Å². The first-order chi connectivity index (χ1) is 32.9. The lowest BCUT2D eigenvalue weighted by atomic mass is 10.1. The number of unbranched alkanes of at least 4 members (excludes halogenated alkanes) is 26. The maximum Gasteiger partial charge on any atom is 0.306 e. The van der Waals surface area contributed by atoms with Gasteiger partial charge in [0.1, 0.15) is 19.3 Å². The number of carbonyl (C=O) groups is 2. The average molecular weight is 975 g/mol. The molecule has 396 valence electrons. The number of hydrogen-bond acceptors (Lipinski definition) is 7. The number of carbonyl (C=O) groups excluding carboxylic acids is 2. The molecule has 0 fully saturated rings. The number of quaternary nitrogens is 1. The second-order valence-corrected chi connectivity index (χ2v) is 21.5. The summed E-state index contributed by atoms with van der Waals surface area (Å²) in [5.41, 5.74) is 0. The predicted molar refractivity (Wildman–Crippen MR) is 289 cm³/mol. The molecular formula is C58H107N2O7P. The van der Waals surface area contributed by atoms with E-state index in [9.17, 15) is 19.0 Å². The monoisotopic (exact) mass is 975 g/mol. The normalized spacial score (nSPS) is 14.3. The van der Waals surface area contributed by atoms with E-state index in [-0.39, 0.29) is 24.9 Å². The number of nitrogens with one attached hydrogen (secondary N) is 1. The van der Waals surface area contributed by atoms with Crippen LogP contribution in [0.4, 0.5) is 0 Å². The fraction of sp³-hybridized carbons (Fsp3) is 0.793. The minimum Gasteiger partial charge on any atom is -0.756 e. The fourth-order valence-electron chi connectivity index (χ4n) is 7.82. The van der Waals surface area contributed by atoms with E-state index in [0.717, 1.165) is 116 Å². The summed E-state index contributed by atoms with van der Waals surface area (Å²) in [6.45, 7) is 6.69. The van der Waals surface area contributed by atoms with E-state index in [4.69, 9.17) is 13.8 Å². The van der Waals surface area contributed by atoms with Crippen LogP contribution in [0.15, 0.2) is 60.8 Å². The molecule has 1 amide bonds. The van der Waals surface area contributed by atoms with E-state index in [1.54, 1.807) is 0 Å². The van der Waals surface area contributed by atoms with Crippen LogP contribution in [0.25, 0.3) is 0 Å². The second kappa shape index (κ2) is 48.3. The summed E-state index contributed by atoms with van der Waals surface area (Å²) in [5.74, 6) is -0.562. The van der Waals surface area contributed by atoms with Crippen LogP contribution < -0.4 is 10.2 Å². The third kappa shape index (κ3) is 48.7. The molecule has 0 aliphatic rings. The fourth-order valence-corrected chi connectivity index (χ4v) is 8.55. The Kier molecular flexibility index (Phi) is 46.7. The van der Waals surface area contributed by atoms with Crippen LogP contribution in [0.1, 0.15) is 245 Å². The largest absolute Gasteiger partial charge is 0.756 e. The quantitative estimate of drug-likeness (QED) is 0.0212. The van der Waals surface area contributed by atoms with Gasteiger partial charge in [-0.1, -0.05) is 204 Å². The molecule has 3 atom stereocenters. The molecule has 1 N–H and O–H groups in total. The van der Waals surface area contributed by atoms with Crippen molar-refractivity contribution in [1.82, 2.24) is 5.32 Å². The van der Waals surface area contributed by atoms with Gasteiger partial charge in [-0.3, -0.25) is 14.2 Å². The molecule has 0 aromatic heterocycles. The minimum absolute atomic E-state index is 0.0271. The maximum absolute atomic E-state index is 13.5. The van der Waals surface area contributed by atoms with E-state index in [0.29, 0.717) is 17.4 Å². The number of allylic oxidation sites excluding steroid dienone is 9. The van der Waals surface area contributed by atoms with Gasteiger partial charge in [0, 0.05) is 12.8 Å². The van der Waals surface area contributed by atoms with Gasteiger partial charge >= 0.3 is 5.97 Å². The molecular weight excluding hydrogens is 868 g/mol. The van der Waals surface area contributed by atoms with Crippen molar-refractivity contribution in [1.29, 1.82) is 0 Å². The molecule has 0 rings (SSSR count). The highest BCUT2D eigenvalue weighted by atomic mass is 31.2. The van der Waals surface area contributed by atoms with E-state index >= 15 is 0 Å². The van der Waals surface area contributed by atoms with Crippen molar-refractivity contribution in [3.05, 3.63) is 60.8 Å². The Hall–Kier alpha value is -2.29. The predicted octanol–water partition coefficient (Wildman–Crippen LogP) is 16.1. The van der Waals surface area contributed by atoms with Gasteiger partial charge in [-0.2, -0.15) is 0 Å². The van der Waals surface area contributed by atoms with Crippen LogP contribution in [0, 0.1) is 0 Å². The lowest BCUT2D eigenvalue weighted by Crippen LogP contribution is -2.47. The number of amides is 1. The number of nitrogens with zero attached hydrogens (tertiary/aromatic N) is 1. The number of likely N-dealkylation sites (N-methyl/N-ethyl adjacent to an activating group) is 1. The first-order valence-corrected chi connectivity index (χ1v) is 29.6. The van der Waals surface area contributed by atoms with Crippen molar-refractivity contribution in [2.75, 3.05) is 40.9 Å². The van der Waals surface area contributed by atoms with Crippen molar-refractivity contribution in [2.45, 2.75) is 258 Å².